The fourth-order valence-electron chi connectivity index (χ4n) is 3.85. The Bertz CT molecular complexity index is 811. The molecule has 1 unspecified atom stereocenters. The number of rotatable bonds is 4. The van der Waals surface area contributed by atoms with Gasteiger partial charge in [-0.2, -0.15) is 0 Å². The van der Waals surface area contributed by atoms with Crippen molar-refractivity contribution in [1.82, 2.24) is 5.32 Å². The molecule has 1 fully saturated rings. The standard InChI is InChI=1S/C22H23NO4/c1-14(21(24)23-15-8-2-3-9-15)26-22(25)20-16-10-4-6-12-18(16)27-19-13-7-5-11-17(19)20/h4-7,10-15,20H,2-3,8-9H2,1H3,(H,23,24). The van der Waals surface area contributed by atoms with Crippen molar-refractivity contribution < 1.29 is 19.1 Å². The maximum Gasteiger partial charge on any atom is 0.318 e. The van der Waals surface area contributed by atoms with Crippen LogP contribution < -0.4 is 10.1 Å². The van der Waals surface area contributed by atoms with Crippen molar-refractivity contribution in [3.8, 4) is 11.5 Å². The summed E-state index contributed by atoms with van der Waals surface area (Å²) < 4.78 is 11.5. The van der Waals surface area contributed by atoms with Crippen LogP contribution >= 0.6 is 0 Å². The molecular weight excluding hydrogens is 342 g/mol. The van der Waals surface area contributed by atoms with E-state index in [0.29, 0.717) is 11.5 Å². The molecule has 2 aliphatic rings. The Labute approximate surface area is 158 Å². The van der Waals surface area contributed by atoms with Crippen molar-refractivity contribution >= 4 is 11.9 Å². The number of benzene rings is 2. The minimum atomic E-state index is -0.833. The molecule has 27 heavy (non-hydrogen) atoms. The number of nitrogens with one attached hydrogen (secondary N) is 1. The van der Waals surface area contributed by atoms with Gasteiger partial charge in [0.2, 0.25) is 0 Å². The quantitative estimate of drug-likeness (QED) is 0.834. The van der Waals surface area contributed by atoms with E-state index >= 15 is 0 Å². The van der Waals surface area contributed by atoms with Gasteiger partial charge in [-0.15, -0.1) is 0 Å². The van der Waals surface area contributed by atoms with Gasteiger partial charge >= 0.3 is 5.97 Å². The van der Waals surface area contributed by atoms with E-state index in [1.165, 1.54) is 0 Å². The molecule has 1 heterocycles. The van der Waals surface area contributed by atoms with Gasteiger partial charge in [0.1, 0.15) is 17.4 Å². The van der Waals surface area contributed by atoms with Gasteiger partial charge in [0.15, 0.2) is 6.10 Å². The lowest BCUT2D eigenvalue weighted by molar-refractivity contribution is -0.155. The average Bonchev–Trinajstić information content (AvgIpc) is 3.18. The molecule has 1 aliphatic heterocycles. The van der Waals surface area contributed by atoms with Crippen LogP contribution in [0.5, 0.6) is 11.5 Å². The van der Waals surface area contributed by atoms with Crippen LogP contribution in [-0.2, 0) is 14.3 Å². The number of carbonyl (C=O) groups excluding carboxylic acids is 2. The third kappa shape index (κ3) is 3.54. The molecule has 1 N–H and O–H groups in total. The van der Waals surface area contributed by atoms with Crippen molar-refractivity contribution in [2.24, 2.45) is 0 Å². The zero-order valence-corrected chi connectivity index (χ0v) is 15.3. The van der Waals surface area contributed by atoms with E-state index in [9.17, 15) is 9.59 Å². The van der Waals surface area contributed by atoms with E-state index in [-0.39, 0.29) is 11.9 Å². The third-order valence-corrected chi connectivity index (χ3v) is 5.28. The van der Waals surface area contributed by atoms with E-state index in [4.69, 9.17) is 9.47 Å². The first kappa shape index (κ1) is 17.6. The maximum atomic E-state index is 13.0. The summed E-state index contributed by atoms with van der Waals surface area (Å²) in [6.45, 7) is 1.62. The zero-order valence-electron chi connectivity index (χ0n) is 15.3. The van der Waals surface area contributed by atoms with Gasteiger partial charge in [0, 0.05) is 17.2 Å². The number of ether oxygens (including phenoxy) is 2. The number of esters is 1. The summed E-state index contributed by atoms with van der Waals surface area (Å²) in [4.78, 5) is 25.4. The molecule has 1 amide bonds. The predicted molar refractivity (Wildman–Crippen MR) is 101 cm³/mol. The largest absolute Gasteiger partial charge is 0.457 e. The summed E-state index contributed by atoms with van der Waals surface area (Å²) in [6.07, 6.45) is 3.42. The summed E-state index contributed by atoms with van der Waals surface area (Å²) in [6, 6.07) is 15.1. The number of fused-ring (bicyclic) bond motifs is 2. The molecule has 4 rings (SSSR count). The highest BCUT2D eigenvalue weighted by atomic mass is 16.5. The molecule has 1 atom stereocenters. The van der Waals surface area contributed by atoms with Gasteiger partial charge in [0.05, 0.1) is 0 Å². The molecule has 2 aromatic rings. The summed E-state index contributed by atoms with van der Waals surface area (Å²) in [5.41, 5.74) is 1.51. The fraction of sp³-hybridized carbons (Fsp3) is 0.364. The molecule has 0 radical (unpaired) electrons. The average molecular weight is 365 g/mol. The van der Waals surface area contributed by atoms with Crippen LogP contribution in [0.25, 0.3) is 0 Å². The Morgan fingerprint density at radius 3 is 2.15 bits per heavy atom. The highest BCUT2D eigenvalue weighted by molar-refractivity contribution is 5.89. The number of para-hydroxylation sites is 2. The third-order valence-electron chi connectivity index (χ3n) is 5.28. The maximum absolute atomic E-state index is 13.0. The Kier molecular flexibility index (Phi) is 4.84. The molecule has 1 saturated carbocycles. The van der Waals surface area contributed by atoms with Gasteiger partial charge in [-0.05, 0) is 31.9 Å². The minimum Gasteiger partial charge on any atom is -0.457 e. The minimum absolute atomic E-state index is 0.197. The van der Waals surface area contributed by atoms with Crippen LogP contribution in [0.2, 0.25) is 0 Å². The van der Waals surface area contributed by atoms with E-state index in [0.717, 1.165) is 36.8 Å². The van der Waals surface area contributed by atoms with Gasteiger partial charge in [-0.3, -0.25) is 9.59 Å². The normalized spacial score (nSPS) is 17.4. The Balaban J connectivity index is 1.53. The van der Waals surface area contributed by atoms with Crippen molar-refractivity contribution in [3.05, 3.63) is 59.7 Å². The van der Waals surface area contributed by atoms with Gasteiger partial charge in [-0.1, -0.05) is 49.2 Å². The highest BCUT2D eigenvalue weighted by Gasteiger charge is 2.35. The molecule has 0 aromatic heterocycles. The van der Waals surface area contributed by atoms with E-state index in [1.807, 2.05) is 48.5 Å². The molecular formula is C22H23NO4. The Morgan fingerprint density at radius 1 is 1.00 bits per heavy atom. The highest BCUT2D eigenvalue weighted by Crippen LogP contribution is 2.44. The second-order valence-corrected chi connectivity index (χ2v) is 7.18. The van der Waals surface area contributed by atoms with Crippen LogP contribution in [0.1, 0.15) is 49.7 Å². The smallest absolute Gasteiger partial charge is 0.318 e. The predicted octanol–water partition coefficient (Wildman–Crippen LogP) is 3.91. The number of hydrogen-bond acceptors (Lipinski definition) is 4. The van der Waals surface area contributed by atoms with Gasteiger partial charge in [0.25, 0.3) is 5.91 Å². The first-order valence-corrected chi connectivity index (χ1v) is 9.50. The molecule has 2 aromatic carbocycles. The number of carbonyl (C=O) groups is 2. The Morgan fingerprint density at radius 2 is 1.56 bits per heavy atom. The molecule has 5 heteroatoms. The molecule has 140 valence electrons. The summed E-state index contributed by atoms with van der Waals surface area (Å²) in [7, 11) is 0. The topological polar surface area (TPSA) is 64.6 Å². The van der Waals surface area contributed by atoms with Crippen molar-refractivity contribution in [3.63, 3.8) is 0 Å². The second-order valence-electron chi connectivity index (χ2n) is 7.18. The summed E-state index contributed by atoms with van der Waals surface area (Å²) >= 11 is 0. The van der Waals surface area contributed by atoms with Crippen LogP contribution in [0.3, 0.4) is 0 Å². The summed E-state index contributed by atoms with van der Waals surface area (Å²) in [5, 5.41) is 2.98. The van der Waals surface area contributed by atoms with Crippen molar-refractivity contribution in [2.75, 3.05) is 0 Å². The Hall–Kier alpha value is -2.82. The van der Waals surface area contributed by atoms with E-state index < -0.39 is 18.0 Å². The summed E-state index contributed by atoms with van der Waals surface area (Å²) in [5.74, 6) is 0.00597. The molecule has 1 aliphatic carbocycles. The first-order valence-electron chi connectivity index (χ1n) is 9.50. The van der Waals surface area contributed by atoms with Crippen LogP contribution in [0, 0.1) is 0 Å². The first-order chi connectivity index (χ1) is 13.1. The number of amides is 1. The van der Waals surface area contributed by atoms with E-state index in [1.54, 1.807) is 6.92 Å². The van der Waals surface area contributed by atoms with Gasteiger partial charge < -0.3 is 14.8 Å². The van der Waals surface area contributed by atoms with E-state index in [2.05, 4.69) is 5.32 Å². The SMILES string of the molecule is CC(OC(=O)C1c2ccccc2Oc2ccccc21)C(=O)NC1CCCC1. The lowest BCUT2D eigenvalue weighted by atomic mass is 9.88. The molecule has 0 spiro atoms. The van der Waals surface area contributed by atoms with Crippen molar-refractivity contribution in [2.45, 2.75) is 50.7 Å². The van der Waals surface area contributed by atoms with Crippen LogP contribution in [0.4, 0.5) is 0 Å². The zero-order chi connectivity index (χ0) is 18.8. The number of hydrogen-bond donors (Lipinski definition) is 1. The fourth-order valence-corrected chi connectivity index (χ4v) is 3.85. The molecule has 5 nitrogen and oxygen atoms in total. The van der Waals surface area contributed by atoms with Crippen LogP contribution in [-0.4, -0.2) is 24.0 Å². The molecule has 0 bridgehead atoms. The van der Waals surface area contributed by atoms with Crippen LogP contribution in [0.15, 0.2) is 48.5 Å². The van der Waals surface area contributed by atoms with Gasteiger partial charge in [-0.25, -0.2) is 0 Å². The lowest BCUT2D eigenvalue weighted by Gasteiger charge is -2.27. The molecule has 0 saturated heterocycles. The van der Waals surface area contributed by atoms with Crippen molar-refractivity contribution in [1.29, 1.82) is 0 Å². The second kappa shape index (κ2) is 7.43. The lowest BCUT2D eigenvalue weighted by Crippen LogP contribution is -2.41. The monoisotopic (exact) mass is 365 g/mol.